The fourth-order valence-corrected chi connectivity index (χ4v) is 2.50. The van der Waals surface area contributed by atoms with E-state index < -0.39 is 0 Å². The minimum atomic E-state index is 0. The van der Waals surface area contributed by atoms with Crippen molar-refractivity contribution in [3.8, 4) is 11.5 Å². The molecule has 1 aliphatic heterocycles. The molecule has 114 valence electrons. The van der Waals surface area contributed by atoms with E-state index in [9.17, 15) is 0 Å². The average Bonchev–Trinajstić information content (AvgIpc) is 2.41. The summed E-state index contributed by atoms with van der Waals surface area (Å²) in [4.78, 5) is 2.47. The lowest BCUT2D eigenvalue weighted by Crippen LogP contribution is -2.48. The normalized spacial score (nSPS) is 19.2. The molecule has 1 aromatic rings. The van der Waals surface area contributed by atoms with Crippen LogP contribution in [0, 0.1) is 0 Å². The maximum Gasteiger partial charge on any atom is 0.161 e. The van der Waals surface area contributed by atoms with Crippen molar-refractivity contribution in [3.63, 3.8) is 0 Å². The fraction of sp³-hybridized carbons (Fsp3) is 0.600. The Labute approximate surface area is 127 Å². The van der Waals surface area contributed by atoms with Gasteiger partial charge in [-0.05, 0) is 31.5 Å². The SMILES string of the molecule is CCOc1ccc(CN2CCN[C@@H](C)C2)cc1OC.Cl. The highest BCUT2D eigenvalue weighted by atomic mass is 35.5. The van der Waals surface area contributed by atoms with Gasteiger partial charge in [0, 0.05) is 32.2 Å². The molecule has 0 spiro atoms. The van der Waals surface area contributed by atoms with Crippen LogP contribution < -0.4 is 14.8 Å². The van der Waals surface area contributed by atoms with Gasteiger partial charge in [-0.2, -0.15) is 0 Å². The number of ether oxygens (including phenoxy) is 2. The first kappa shape index (κ1) is 17.1. The van der Waals surface area contributed by atoms with Crippen LogP contribution in [-0.4, -0.2) is 44.3 Å². The van der Waals surface area contributed by atoms with Crippen LogP contribution in [0.4, 0.5) is 0 Å². The Balaban J connectivity index is 0.00000200. The quantitative estimate of drug-likeness (QED) is 0.905. The number of nitrogens with zero attached hydrogens (tertiary/aromatic N) is 1. The molecule has 1 N–H and O–H groups in total. The summed E-state index contributed by atoms with van der Waals surface area (Å²) in [7, 11) is 1.69. The van der Waals surface area contributed by atoms with Gasteiger partial charge in [0.05, 0.1) is 13.7 Å². The molecule has 1 fully saturated rings. The van der Waals surface area contributed by atoms with E-state index in [1.54, 1.807) is 7.11 Å². The molecule has 1 aromatic carbocycles. The van der Waals surface area contributed by atoms with Gasteiger partial charge in [0.2, 0.25) is 0 Å². The van der Waals surface area contributed by atoms with E-state index >= 15 is 0 Å². The van der Waals surface area contributed by atoms with E-state index in [0.29, 0.717) is 12.6 Å². The van der Waals surface area contributed by atoms with Gasteiger partial charge in [0.15, 0.2) is 11.5 Å². The van der Waals surface area contributed by atoms with Gasteiger partial charge in [0.1, 0.15) is 0 Å². The number of hydrogen-bond acceptors (Lipinski definition) is 4. The highest BCUT2D eigenvalue weighted by Gasteiger charge is 2.16. The Hall–Kier alpha value is -0.970. The maximum absolute atomic E-state index is 5.54. The molecule has 1 aliphatic rings. The van der Waals surface area contributed by atoms with E-state index in [-0.39, 0.29) is 12.4 Å². The van der Waals surface area contributed by atoms with Crippen molar-refractivity contribution in [3.05, 3.63) is 23.8 Å². The molecule has 0 aromatic heterocycles. The average molecular weight is 301 g/mol. The lowest BCUT2D eigenvalue weighted by atomic mass is 10.1. The number of halogens is 1. The van der Waals surface area contributed by atoms with Gasteiger partial charge in [0.25, 0.3) is 0 Å². The third kappa shape index (κ3) is 4.54. The number of piperazine rings is 1. The van der Waals surface area contributed by atoms with Gasteiger partial charge >= 0.3 is 0 Å². The van der Waals surface area contributed by atoms with E-state index in [1.165, 1.54) is 5.56 Å². The van der Waals surface area contributed by atoms with Crippen LogP contribution in [0.1, 0.15) is 19.4 Å². The van der Waals surface area contributed by atoms with Crippen molar-refractivity contribution in [2.75, 3.05) is 33.4 Å². The second-order valence-electron chi connectivity index (χ2n) is 5.01. The summed E-state index contributed by atoms with van der Waals surface area (Å²) in [5.41, 5.74) is 1.27. The third-order valence-electron chi connectivity index (χ3n) is 3.39. The molecule has 2 rings (SSSR count). The van der Waals surface area contributed by atoms with Crippen LogP contribution in [-0.2, 0) is 6.54 Å². The lowest BCUT2D eigenvalue weighted by molar-refractivity contribution is 0.199. The van der Waals surface area contributed by atoms with Gasteiger partial charge in [-0.1, -0.05) is 6.07 Å². The zero-order valence-electron chi connectivity index (χ0n) is 12.5. The van der Waals surface area contributed by atoms with E-state index in [1.807, 2.05) is 13.0 Å². The fourth-order valence-electron chi connectivity index (χ4n) is 2.50. The molecular formula is C15H25ClN2O2. The first-order valence-corrected chi connectivity index (χ1v) is 6.98. The van der Waals surface area contributed by atoms with Gasteiger partial charge in [-0.3, -0.25) is 4.90 Å². The summed E-state index contributed by atoms with van der Waals surface area (Å²) in [6, 6.07) is 6.78. The predicted molar refractivity (Wildman–Crippen MR) is 84.2 cm³/mol. The Bertz CT molecular complexity index is 415. The second-order valence-corrected chi connectivity index (χ2v) is 5.01. The van der Waals surface area contributed by atoms with Crippen molar-refractivity contribution in [2.24, 2.45) is 0 Å². The number of hydrogen-bond donors (Lipinski definition) is 1. The highest BCUT2D eigenvalue weighted by molar-refractivity contribution is 5.85. The second kappa shape index (κ2) is 8.35. The molecule has 0 bridgehead atoms. The molecule has 0 saturated carbocycles. The Morgan fingerprint density at radius 2 is 2.15 bits per heavy atom. The maximum atomic E-state index is 5.54. The Morgan fingerprint density at radius 1 is 1.35 bits per heavy atom. The Kier molecular flexibility index (Phi) is 7.13. The molecule has 0 radical (unpaired) electrons. The van der Waals surface area contributed by atoms with Gasteiger partial charge < -0.3 is 14.8 Å². The largest absolute Gasteiger partial charge is 0.493 e. The summed E-state index contributed by atoms with van der Waals surface area (Å²) >= 11 is 0. The van der Waals surface area contributed by atoms with Crippen LogP contribution in [0.5, 0.6) is 11.5 Å². The molecule has 0 amide bonds. The molecule has 1 saturated heterocycles. The van der Waals surface area contributed by atoms with E-state index in [0.717, 1.165) is 37.7 Å². The van der Waals surface area contributed by atoms with Crippen molar-refractivity contribution in [1.29, 1.82) is 0 Å². The molecule has 4 nitrogen and oxygen atoms in total. The number of benzene rings is 1. The molecule has 1 heterocycles. The first-order valence-electron chi connectivity index (χ1n) is 6.98. The van der Waals surface area contributed by atoms with Crippen LogP contribution in [0.25, 0.3) is 0 Å². The van der Waals surface area contributed by atoms with Crippen LogP contribution in [0.3, 0.4) is 0 Å². The number of methoxy groups -OCH3 is 1. The summed E-state index contributed by atoms with van der Waals surface area (Å²) < 4.78 is 10.9. The van der Waals surface area contributed by atoms with Crippen LogP contribution in [0.15, 0.2) is 18.2 Å². The monoisotopic (exact) mass is 300 g/mol. The van der Waals surface area contributed by atoms with Gasteiger partial charge in [-0.15, -0.1) is 12.4 Å². The summed E-state index contributed by atoms with van der Waals surface area (Å²) in [5, 5.41) is 3.46. The van der Waals surface area contributed by atoms with E-state index in [4.69, 9.17) is 9.47 Å². The van der Waals surface area contributed by atoms with Crippen molar-refractivity contribution >= 4 is 12.4 Å². The number of rotatable bonds is 5. The molecule has 0 unspecified atom stereocenters. The summed E-state index contributed by atoms with van der Waals surface area (Å²) in [6.07, 6.45) is 0. The van der Waals surface area contributed by atoms with Crippen molar-refractivity contribution in [2.45, 2.75) is 26.4 Å². The highest BCUT2D eigenvalue weighted by Crippen LogP contribution is 2.28. The van der Waals surface area contributed by atoms with Crippen LogP contribution >= 0.6 is 12.4 Å². The van der Waals surface area contributed by atoms with Gasteiger partial charge in [-0.25, -0.2) is 0 Å². The van der Waals surface area contributed by atoms with Crippen molar-refractivity contribution < 1.29 is 9.47 Å². The predicted octanol–water partition coefficient (Wildman–Crippen LogP) is 2.31. The molecular weight excluding hydrogens is 276 g/mol. The zero-order valence-corrected chi connectivity index (χ0v) is 13.3. The van der Waals surface area contributed by atoms with Crippen molar-refractivity contribution in [1.82, 2.24) is 10.2 Å². The first-order chi connectivity index (χ1) is 9.22. The molecule has 0 aliphatic carbocycles. The number of nitrogens with one attached hydrogen (secondary N) is 1. The standard InChI is InChI=1S/C15H24N2O2.ClH/c1-4-19-14-6-5-13(9-15(14)18-3)11-17-8-7-16-12(2)10-17;/h5-6,9,12,16H,4,7-8,10-11H2,1-3H3;1H/t12-;/m0./s1. The minimum absolute atomic E-state index is 0. The summed E-state index contributed by atoms with van der Waals surface area (Å²) in [5.74, 6) is 1.64. The third-order valence-corrected chi connectivity index (χ3v) is 3.39. The molecule has 5 heteroatoms. The lowest BCUT2D eigenvalue weighted by Gasteiger charge is -2.31. The topological polar surface area (TPSA) is 33.7 Å². The zero-order chi connectivity index (χ0) is 13.7. The Morgan fingerprint density at radius 3 is 2.80 bits per heavy atom. The smallest absolute Gasteiger partial charge is 0.161 e. The van der Waals surface area contributed by atoms with E-state index in [2.05, 4.69) is 29.3 Å². The van der Waals surface area contributed by atoms with Crippen LogP contribution in [0.2, 0.25) is 0 Å². The summed E-state index contributed by atoms with van der Waals surface area (Å²) in [6.45, 7) is 9.09. The molecule has 20 heavy (non-hydrogen) atoms. The minimum Gasteiger partial charge on any atom is -0.493 e. The molecule has 1 atom stereocenters.